The maximum atomic E-state index is 12.9. The Bertz CT molecular complexity index is 939. The average Bonchev–Trinajstić information content (AvgIpc) is 3.21. The number of rotatable bonds is 6. The van der Waals surface area contributed by atoms with Gasteiger partial charge in [0.2, 0.25) is 15.9 Å². The van der Waals surface area contributed by atoms with E-state index in [9.17, 15) is 13.2 Å². The van der Waals surface area contributed by atoms with E-state index in [0.29, 0.717) is 19.4 Å². The molecule has 0 spiro atoms. The molecule has 1 aromatic carbocycles. The van der Waals surface area contributed by atoms with Crippen LogP contribution in [-0.2, 0) is 21.2 Å². The van der Waals surface area contributed by atoms with Crippen molar-refractivity contribution in [2.75, 3.05) is 12.8 Å². The molecule has 1 saturated heterocycles. The van der Waals surface area contributed by atoms with Gasteiger partial charge in [0, 0.05) is 35.9 Å². The van der Waals surface area contributed by atoms with Gasteiger partial charge in [0.1, 0.15) is 5.01 Å². The van der Waals surface area contributed by atoms with Crippen LogP contribution in [0, 0.1) is 5.92 Å². The van der Waals surface area contributed by atoms with Crippen molar-refractivity contribution in [3.63, 3.8) is 0 Å². The van der Waals surface area contributed by atoms with Crippen molar-refractivity contribution < 1.29 is 13.2 Å². The lowest BCUT2D eigenvalue weighted by Gasteiger charge is -2.34. The van der Waals surface area contributed by atoms with Crippen LogP contribution in [-0.4, -0.2) is 49.1 Å². The second kappa shape index (κ2) is 7.93. The van der Waals surface area contributed by atoms with E-state index in [4.69, 9.17) is 4.98 Å². The zero-order chi connectivity index (χ0) is 19.7. The Morgan fingerprint density at radius 2 is 2.00 bits per heavy atom. The largest absolute Gasteiger partial charge is 0.337 e. The van der Waals surface area contributed by atoms with Crippen LogP contribution in [0.5, 0.6) is 0 Å². The summed E-state index contributed by atoms with van der Waals surface area (Å²) in [6, 6.07) is 9.55. The van der Waals surface area contributed by atoms with Crippen LogP contribution < -0.4 is 4.72 Å². The number of likely N-dealkylation sites (tertiary alicyclic amines) is 1. The molecule has 2 aromatic rings. The Balaban J connectivity index is 1.55. The van der Waals surface area contributed by atoms with E-state index in [0.717, 1.165) is 35.5 Å². The van der Waals surface area contributed by atoms with E-state index in [1.165, 1.54) is 6.26 Å². The molecule has 2 atom stereocenters. The number of aromatic nitrogens is 1. The number of carbonyl (C=O) groups excluding carboxylic acids is 1. The van der Waals surface area contributed by atoms with Crippen LogP contribution in [0.15, 0.2) is 35.7 Å². The minimum absolute atomic E-state index is 0.106. The van der Waals surface area contributed by atoms with Crippen LogP contribution in [0.3, 0.4) is 0 Å². The maximum Gasteiger partial charge on any atom is 0.225 e. The number of nitrogens with zero attached hydrogens (tertiary/aromatic N) is 2. The molecule has 28 heavy (non-hydrogen) atoms. The quantitative estimate of drug-likeness (QED) is 0.781. The van der Waals surface area contributed by atoms with Crippen molar-refractivity contribution in [1.82, 2.24) is 14.6 Å². The van der Waals surface area contributed by atoms with Crippen molar-refractivity contribution >= 4 is 27.3 Å². The van der Waals surface area contributed by atoms with Gasteiger partial charge in [-0.1, -0.05) is 36.8 Å². The normalized spacial score (nSPS) is 23.0. The topological polar surface area (TPSA) is 79.4 Å². The van der Waals surface area contributed by atoms with Gasteiger partial charge in [-0.3, -0.25) is 4.79 Å². The number of nitrogens with one attached hydrogen (secondary N) is 1. The third kappa shape index (κ3) is 4.29. The molecular formula is C20H25N3O3S2. The molecule has 1 aromatic heterocycles. The summed E-state index contributed by atoms with van der Waals surface area (Å²) in [6.07, 6.45) is 5.38. The van der Waals surface area contributed by atoms with Gasteiger partial charge in [-0.25, -0.2) is 18.1 Å². The second-order valence-corrected chi connectivity index (χ2v) is 10.4. The Morgan fingerprint density at radius 1 is 1.25 bits per heavy atom. The first-order valence-electron chi connectivity index (χ1n) is 9.68. The molecule has 2 aliphatic rings. The van der Waals surface area contributed by atoms with Crippen molar-refractivity contribution in [1.29, 1.82) is 0 Å². The molecule has 0 radical (unpaired) electrons. The summed E-state index contributed by atoms with van der Waals surface area (Å²) in [5.74, 6) is 0.280. The molecule has 6 nitrogen and oxygen atoms in total. The molecule has 4 rings (SSSR count). The molecular weight excluding hydrogens is 394 g/mol. The van der Waals surface area contributed by atoms with Gasteiger partial charge < -0.3 is 4.90 Å². The highest BCUT2D eigenvalue weighted by atomic mass is 32.2. The minimum Gasteiger partial charge on any atom is -0.337 e. The summed E-state index contributed by atoms with van der Waals surface area (Å²) in [4.78, 5) is 19.5. The van der Waals surface area contributed by atoms with Crippen LogP contribution in [0.1, 0.15) is 31.4 Å². The highest BCUT2D eigenvalue weighted by Crippen LogP contribution is 2.33. The number of amides is 1. The van der Waals surface area contributed by atoms with Crippen LogP contribution in [0.2, 0.25) is 0 Å². The Labute approximate surface area is 170 Å². The Hall–Kier alpha value is -1.77. The first-order chi connectivity index (χ1) is 13.4. The fourth-order valence-corrected chi connectivity index (χ4v) is 5.67. The van der Waals surface area contributed by atoms with Crippen LogP contribution >= 0.6 is 11.3 Å². The number of hydrogen-bond acceptors (Lipinski definition) is 5. The lowest BCUT2D eigenvalue weighted by Crippen LogP contribution is -2.49. The van der Waals surface area contributed by atoms with Crippen LogP contribution in [0.25, 0.3) is 10.6 Å². The lowest BCUT2D eigenvalue weighted by molar-refractivity contribution is -0.139. The summed E-state index contributed by atoms with van der Waals surface area (Å²) < 4.78 is 26.4. The monoisotopic (exact) mass is 419 g/mol. The van der Waals surface area contributed by atoms with Gasteiger partial charge in [-0.15, -0.1) is 11.3 Å². The fourth-order valence-electron chi connectivity index (χ4n) is 4.01. The van der Waals surface area contributed by atoms with Gasteiger partial charge >= 0.3 is 0 Å². The highest BCUT2D eigenvalue weighted by Gasteiger charge is 2.41. The predicted molar refractivity (Wildman–Crippen MR) is 110 cm³/mol. The third-order valence-corrected chi connectivity index (χ3v) is 7.31. The average molecular weight is 420 g/mol. The van der Waals surface area contributed by atoms with Crippen LogP contribution in [0.4, 0.5) is 0 Å². The van der Waals surface area contributed by atoms with E-state index in [2.05, 4.69) is 4.72 Å². The third-order valence-electron chi connectivity index (χ3n) is 5.64. The Morgan fingerprint density at radius 3 is 2.64 bits per heavy atom. The molecule has 1 saturated carbocycles. The highest BCUT2D eigenvalue weighted by molar-refractivity contribution is 7.88. The first-order valence-corrected chi connectivity index (χ1v) is 12.5. The first kappa shape index (κ1) is 19.5. The summed E-state index contributed by atoms with van der Waals surface area (Å²) in [5.41, 5.74) is 1.97. The zero-order valence-corrected chi connectivity index (χ0v) is 17.5. The number of sulfonamides is 1. The van der Waals surface area contributed by atoms with Crippen molar-refractivity contribution in [3.8, 4) is 10.6 Å². The van der Waals surface area contributed by atoms with E-state index in [-0.39, 0.29) is 23.9 Å². The number of benzene rings is 1. The van der Waals surface area contributed by atoms with Crippen molar-refractivity contribution in [3.05, 3.63) is 41.4 Å². The second-order valence-electron chi connectivity index (χ2n) is 7.73. The van der Waals surface area contributed by atoms with Gasteiger partial charge in [0.25, 0.3) is 0 Å². The predicted octanol–water partition coefficient (Wildman–Crippen LogP) is 2.67. The lowest BCUT2D eigenvalue weighted by atomic mass is 9.84. The molecule has 150 valence electrons. The van der Waals surface area contributed by atoms with E-state index >= 15 is 0 Å². The van der Waals surface area contributed by atoms with Crippen molar-refractivity contribution in [2.24, 2.45) is 5.92 Å². The standard InChI is InChI=1S/C20H25N3O3S2/c1-28(25,26)22-17-10-11-23(20(24)15-8-5-9-15)18(17)12-16-13-27-19(21-16)14-6-3-2-4-7-14/h2-4,6-7,13,15,17-18,22H,5,8-12H2,1H3/t17-,18-/m0/s1. The molecule has 8 heteroatoms. The molecule has 1 amide bonds. The molecule has 1 aliphatic heterocycles. The molecule has 0 unspecified atom stereocenters. The van der Waals surface area contributed by atoms with Gasteiger partial charge in [0.05, 0.1) is 18.0 Å². The smallest absolute Gasteiger partial charge is 0.225 e. The SMILES string of the molecule is CS(=O)(=O)N[C@H]1CCN(C(=O)C2CCC2)[C@H]1Cc1csc(-c2ccccc2)n1. The molecule has 2 fully saturated rings. The van der Waals surface area contributed by atoms with Gasteiger partial charge in [-0.05, 0) is 19.3 Å². The van der Waals surface area contributed by atoms with E-state index in [1.807, 2.05) is 40.6 Å². The van der Waals surface area contributed by atoms with Crippen molar-refractivity contribution in [2.45, 2.75) is 44.2 Å². The number of thiazole rings is 1. The summed E-state index contributed by atoms with van der Waals surface area (Å²) in [6.45, 7) is 0.600. The minimum atomic E-state index is -3.34. The molecule has 1 aliphatic carbocycles. The maximum absolute atomic E-state index is 12.9. The zero-order valence-electron chi connectivity index (χ0n) is 15.9. The number of hydrogen-bond donors (Lipinski definition) is 1. The van der Waals surface area contributed by atoms with Gasteiger partial charge in [0.15, 0.2) is 0 Å². The van der Waals surface area contributed by atoms with E-state index in [1.54, 1.807) is 11.3 Å². The fraction of sp³-hybridized carbons (Fsp3) is 0.500. The molecule has 2 heterocycles. The summed E-state index contributed by atoms with van der Waals surface area (Å²) in [7, 11) is -3.34. The summed E-state index contributed by atoms with van der Waals surface area (Å²) >= 11 is 1.58. The Kier molecular flexibility index (Phi) is 5.53. The molecule has 1 N–H and O–H groups in total. The number of carbonyl (C=O) groups is 1. The summed E-state index contributed by atoms with van der Waals surface area (Å²) in [5, 5.41) is 2.96. The molecule has 0 bridgehead atoms. The van der Waals surface area contributed by atoms with Gasteiger partial charge in [-0.2, -0.15) is 0 Å². The van der Waals surface area contributed by atoms with E-state index < -0.39 is 10.0 Å².